The van der Waals surface area contributed by atoms with E-state index in [0.29, 0.717) is 17.8 Å². The Balaban J connectivity index is 2.31. The van der Waals surface area contributed by atoms with Crippen molar-refractivity contribution in [1.82, 2.24) is 10.2 Å². The molecule has 0 aliphatic carbocycles. The summed E-state index contributed by atoms with van der Waals surface area (Å²) in [6, 6.07) is 10.3. The van der Waals surface area contributed by atoms with Crippen LogP contribution in [0, 0.1) is 0 Å². The van der Waals surface area contributed by atoms with E-state index in [0.717, 1.165) is 6.42 Å². The minimum absolute atomic E-state index is 0.0148. The van der Waals surface area contributed by atoms with Gasteiger partial charge in [0.1, 0.15) is 4.90 Å². The number of rotatable bonds is 10. The average molecular weight is 478 g/mol. The quantitative estimate of drug-likeness (QED) is 0.504. The molecule has 3 amide bonds. The third kappa shape index (κ3) is 7.11. The third-order valence-corrected chi connectivity index (χ3v) is 6.20. The summed E-state index contributed by atoms with van der Waals surface area (Å²) in [5, 5.41) is 5.38. The monoisotopic (exact) mass is 477 g/mol. The molecule has 0 unspecified atom stereocenters. The van der Waals surface area contributed by atoms with Crippen molar-refractivity contribution >= 4 is 27.7 Å². The van der Waals surface area contributed by atoms with Crippen LogP contribution >= 0.6 is 0 Å². The lowest BCUT2D eigenvalue weighted by atomic mass is 10.1. The third-order valence-electron chi connectivity index (χ3n) is 4.96. The van der Waals surface area contributed by atoms with E-state index in [4.69, 9.17) is 8.92 Å². The standard InChI is InChI=1S/C23H31N3O6S/c1-6-16(3)26(23(28)24-7-2)15-18-8-13-21(31-5)22(14-18)32-33(29,30)20-11-9-19(10-12-20)25-17(4)27/h8-14,16H,6-7,15H2,1-5H3,(H,24,28)(H,25,27)/t16-/m1/s1. The number of ether oxygens (including phenoxy) is 1. The molecule has 2 aromatic carbocycles. The maximum absolute atomic E-state index is 12.8. The Morgan fingerprint density at radius 2 is 1.73 bits per heavy atom. The number of hydrogen-bond acceptors (Lipinski definition) is 6. The minimum atomic E-state index is -4.17. The molecular weight excluding hydrogens is 446 g/mol. The molecule has 0 heterocycles. The van der Waals surface area contributed by atoms with Crippen LogP contribution in [0.1, 0.15) is 39.7 Å². The van der Waals surface area contributed by atoms with Crippen molar-refractivity contribution < 1.29 is 26.9 Å². The van der Waals surface area contributed by atoms with Crippen molar-refractivity contribution in [3.05, 3.63) is 48.0 Å². The lowest BCUT2D eigenvalue weighted by Crippen LogP contribution is -2.44. The number of amides is 3. The molecule has 0 spiro atoms. The summed E-state index contributed by atoms with van der Waals surface area (Å²) in [5.74, 6) is -0.00584. The number of anilines is 1. The number of nitrogens with zero attached hydrogens (tertiary/aromatic N) is 1. The molecule has 0 aliphatic rings. The van der Waals surface area contributed by atoms with Crippen molar-refractivity contribution in [3.8, 4) is 11.5 Å². The fourth-order valence-corrected chi connectivity index (χ4v) is 3.99. The van der Waals surface area contributed by atoms with E-state index in [2.05, 4.69) is 10.6 Å². The van der Waals surface area contributed by atoms with Gasteiger partial charge >= 0.3 is 16.1 Å². The Labute approximate surface area is 195 Å². The molecule has 10 heteroatoms. The van der Waals surface area contributed by atoms with Gasteiger partial charge in [-0.25, -0.2) is 4.79 Å². The summed E-state index contributed by atoms with van der Waals surface area (Å²) in [7, 11) is -2.75. The first kappa shape index (κ1) is 26.0. The molecule has 0 aromatic heterocycles. The van der Waals surface area contributed by atoms with Gasteiger partial charge in [-0.1, -0.05) is 13.0 Å². The van der Waals surface area contributed by atoms with Crippen molar-refractivity contribution in [3.63, 3.8) is 0 Å². The lowest BCUT2D eigenvalue weighted by molar-refractivity contribution is -0.114. The molecular formula is C23H31N3O6S. The Morgan fingerprint density at radius 1 is 1.06 bits per heavy atom. The predicted octanol–water partition coefficient (Wildman–Crippen LogP) is 3.75. The number of urea groups is 1. The zero-order valence-electron chi connectivity index (χ0n) is 19.5. The van der Waals surface area contributed by atoms with Gasteiger partial charge in [-0.05, 0) is 62.2 Å². The van der Waals surface area contributed by atoms with Crippen LogP contribution in [0.25, 0.3) is 0 Å². The maximum atomic E-state index is 12.8. The van der Waals surface area contributed by atoms with Gasteiger partial charge in [0.25, 0.3) is 0 Å². The molecule has 0 saturated carbocycles. The number of hydrogen-bond donors (Lipinski definition) is 2. The maximum Gasteiger partial charge on any atom is 0.339 e. The SMILES string of the molecule is CCNC(=O)N(Cc1ccc(OC)c(OS(=O)(=O)c2ccc(NC(C)=O)cc2)c1)[C@H](C)CC. The van der Waals surface area contributed by atoms with Gasteiger partial charge in [-0.2, -0.15) is 8.42 Å². The summed E-state index contributed by atoms with van der Waals surface area (Å²) in [6.07, 6.45) is 0.763. The van der Waals surface area contributed by atoms with Gasteiger partial charge < -0.3 is 24.5 Å². The van der Waals surface area contributed by atoms with Crippen molar-refractivity contribution in [1.29, 1.82) is 0 Å². The topological polar surface area (TPSA) is 114 Å². The summed E-state index contributed by atoms with van der Waals surface area (Å²) in [4.78, 5) is 25.3. The lowest BCUT2D eigenvalue weighted by Gasteiger charge is -2.29. The molecule has 33 heavy (non-hydrogen) atoms. The van der Waals surface area contributed by atoms with Crippen LogP contribution in [0.4, 0.5) is 10.5 Å². The molecule has 0 radical (unpaired) electrons. The molecule has 0 fully saturated rings. The minimum Gasteiger partial charge on any atom is -0.493 e. The summed E-state index contributed by atoms with van der Waals surface area (Å²) in [5.41, 5.74) is 1.16. The molecule has 2 aromatic rings. The first-order chi connectivity index (χ1) is 15.6. The molecule has 180 valence electrons. The Kier molecular flexibility index (Phi) is 9.10. The molecule has 0 aliphatic heterocycles. The van der Waals surface area contributed by atoms with E-state index in [1.54, 1.807) is 23.1 Å². The van der Waals surface area contributed by atoms with E-state index in [9.17, 15) is 18.0 Å². The van der Waals surface area contributed by atoms with Crippen LogP contribution in [-0.4, -0.2) is 45.0 Å². The highest BCUT2D eigenvalue weighted by molar-refractivity contribution is 7.87. The Morgan fingerprint density at radius 3 is 2.27 bits per heavy atom. The summed E-state index contributed by atoms with van der Waals surface area (Å²) in [6.45, 7) is 7.92. The molecule has 2 N–H and O–H groups in total. The summed E-state index contributed by atoms with van der Waals surface area (Å²) < 4.78 is 36.4. The average Bonchev–Trinajstić information content (AvgIpc) is 2.77. The number of carbonyl (C=O) groups excluding carboxylic acids is 2. The van der Waals surface area contributed by atoms with Gasteiger partial charge in [-0.3, -0.25) is 4.79 Å². The van der Waals surface area contributed by atoms with E-state index in [-0.39, 0.29) is 40.9 Å². The largest absolute Gasteiger partial charge is 0.493 e. The zero-order valence-corrected chi connectivity index (χ0v) is 20.4. The smallest absolute Gasteiger partial charge is 0.339 e. The highest BCUT2D eigenvalue weighted by Gasteiger charge is 2.22. The fourth-order valence-electron chi connectivity index (χ4n) is 3.06. The molecule has 2 rings (SSSR count). The second kappa shape index (κ2) is 11.6. The van der Waals surface area contributed by atoms with E-state index >= 15 is 0 Å². The molecule has 1 atom stereocenters. The molecule has 0 bridgehead atoms. The first-order valence-electron chi connectivity index (χ1n) is 10.6. The Hall–Kier alpha value is -3.27. The van der Waals surface area contributed by atoms with E-state index < -0.39 is 10.1 Å². The zero-order chi connectivity index (χ0) is 24.6. The van der Waals surface area contributed by atoms with Crippen LogP contribution < -0.4 is 19.6 Å². The van der Waals surface area contributed by atoms with Gasteiger partial charge in [0.05, 0.1) is 7.11 Å². The highest BCUT2D eigenvalue weighted by atomic mass is 32.2. The summed E-state index contributed by atoms with van der Waals surface area (Å²) >= 11 is 0. The van der Waals surface area contributed by atoms with Crippen molar-refractivity contribution in [2.45, 2.75) is 51.6 Å². The van der Waals surface area contributed by atoms with Crippen LogP contribution in [0.5, 0.6) is 11.5 Å². The second-order valence-corrected chi connectivity index (χ2v) is 9.00. The van der Waals surface area contributed by atoms with Crippen LogP contribution in [0.2, 0.25) is 0 Å². The molecule has 9 nitrogen and oxygen atoms in total. The van der Waals surface area contributed by atoms with Gasteiger partial charge in [-0.15, -0.1) is 0 Å². The van der Waals surface area contributed by atoms with Gasteiger partial charge in [0.2, 0.25) is 5.91 Å². The van der Waals surface area contributed by atoms with Crippen molar-refractivity contribution in [2.75, 3.05) is 19.0 Å². The number of nitrogens with one attached hydrogen (secondary N) is 2. The Bertz CT molecular complexity index is 1070. The number of methoxy groups -OCH3 is 1. The van der Waals surface area contributed by atoms with Crippen LogP contribution in [0.3, 0.4) is 0 Å². The van der Waals surface area contributed by atoms with Crippen LogP contribution in [0.15, 0.2) is 47.4 Å². The van der Waals surface area contributed by atoms with Crippen molar-refractivity contribution in [2.24, 2.45) is 0 Å². The van der Waals surface area contributed by atoms with Gasteiger partial charge in [0.15, 0.2) is 11.5 Å². The number of benzene rings is 2. The first-order valence-corrected chi connectivity index (χ1v) is 12.1. The predicted molar refractivity (Wildman–Crippen MR) is 126 cm³/mol. The van der Waals surface area contributed by atoms with Crippen LogP contribution in [-0.2, 0) is 21.5 Å². The normalized spacial score (nSPS) is 11.9. The highest BCUT2D eigenvalue weighted by Crippen LogP contribution is 2.32. The second-order valence-electron chi connectivity index (χ2n) is 7.45. The van der Waals surface area contributed by atoms with Gasteiger partial charge in [0, 0.05) is 31.7 Å². The molecule has 0 saturated heterocycles. The number of carbonyl (C=O) groups is 2. The van der Waals surface area contributed by atoms with E-state index in [1.807, 2.05) is 20.8 Å². The van der Waals surface area contributed by atoms with E-state index in [1.165, 1.54) is 38.3 Å². The fraction of sp³-hybridized carbons (Fsp3) is 0.391.